The molecule has 1 aliphatic rings. The van der Waals surface area contributed by atoms with E-state index in [1.807, 2.05) is 13.0 Å². The second-order valence-electron chi connectivity index (χ2n) is 3.77. The third-order valence-electron chi connectivity index (χ3n) is 2.60. The molecular weight excluding hydrogens is 148 g/mol. The smallest absolute Gasteiger partial charge is 0.118 e. The number of hydrogen-bond acceptors (Lipinski definition) is 1. The minimum absolute atomic E-state index is 0.428. The topological polar surface area (TPSA) is 20.2 Å². The fourth-order valence-electron chi connectivity index (χ4n) is 1.66. The highest BCUT2D eigenvalue weighted by Crippen LogP contribution is 2.42. The Hall–Kier alpha value is -0.980. The van der Waals surface area contributed by atoms with Crippen molar-refractivity contribution in [2.75, 3.05) is 0 Å². The van der Waals surface area contributed by atoms with Crippen molar-refractivity contribution in [2.45, 2.75) is 32.6 Å². The van der Waals surface area contributed by atoms with Gasteiger partial charge in [0, 0.05) is 0 Å². The molecule has 0 aromatic heterocycles. The normalized spacial score (nSPS) is 16.5. The number of rotatable bonds is 1. The molecule has 1 aromatic carbocycles. The van der Waals surface area contributed by atoms with Crippen LogP contribution in [0.5, 0.6) is 5.75 Å². The van der Waals surface area contributed by atoms with Gasteiger partial charge in [-0.05, 0) is 55.4 Å². The molecule has 1 saturated carbocycles. The van der Waals surface area contributed by atoms with Crippen molar-refractivity contribution in [3.63, 3.8) is 0 Å². The first-order chi connectivity index (χ1) is 5.68. The maximum Gasteiger partial charge on any atom is 0.118 e. The van der Waals surface area contributed by atoms with Gasteiger partial charge in [0.1, 0.15) is 5.75 Å². The molecule has 0 saturated heterocycles. The van der Waals surface area contributed by atoms with Gasteiger partial charge in [-0.3, -0.25) is 0 Å². The molecular formula is C11H14O. The maximum absolute atomic E-state index is 9.43. The molecule has 0 bridgehead atoms. The third-order valence-corrected chi connectivity index (χ3v) is 2.60. The largest absolute Gasteiger partial charge is 0.508 e. The summed E-state index contributed by atoms with van der Waals surface area (Å²) in [4.78, 5) is 0. The zero-order valence-electron chi connectivity index (χ0n) is 7.59. The summed E-state index contributed by atoms with van der Waals surface area (Å²) in [6, 6.07) is 4.01. The molecule has 2 rings (SSSR count). The van der Waals surface area contributed by atoms with E-state index in [-0.39, 0.29) is 0 Å². The molecule has 0 amide bonds. The number of phenols is 1. The fourth-order valence-corrected chi connectivity index (χ4v) is 1.66. The molecule has 1 nitrogen and oxygen atoms in total. The van der Waals surface area contributed by atoms with Crippen molar-refractivity contribution >= 4 is 0 Å². The van der Waals surface area contributed by atoms with Crippen molar-refractivity contribution in [3.8, 4) is 5.75 Å². The molecule has 1 aliphatic carbocycles. The van der Waals surface area contributed by atoms with Gasteiger partial charge in [-0.2, -0.15) is 0 Å². The summed E-state index contributed by atoms with van der Waals surface area (Å²) < 4.78 is 0. The number of benzene rings is 1. The average molecular weight is 162 g/mol. The summed E-state index contributed by atoms with van der Waals surface area (Å²) >= 11 is 0. The molecule has 1 heteroatoms. The van der Waals surface area contributed by atoms with Crippen molar-refractivity contribution in [2.24, 2.45) is 0 Å². The Bertz CT molecular complexity index is 311. The van der Waals surface area contributed by atoms with E-state index in [1.165, 1.54) is 24.0 Å². The lowest BCUT2D eigenvalue weighted by molar-refractivity contribution is 0.470. The first kappa shape index (κ1) is 7.66. The van der Waals surface area contributed by atoms with Crippen LogP contribution in [0, 0.1) is 13.8 Å². The predicted molar refractivity (Wildman–Crippen MR) is 49.6 cm³/mol. The maximum atomic E-state index is 9.43. The summed E-state index contributed by atoms with van der Waals surface area (Å²) in [5.74, 6) is 1.21. The number of aromatic hydroxyl groups is 1. The van der Waals surface area contributed by atoms with Gasteiger partial charge in [0.15, 0.2) is 0 Å². The van der Waals surface area contributed by atoms with Crippen LogP contribution in [0.25, 0.3) is 0 Å². The van der Waals surface area contributed by atoms with E-state index in [0.717, 1.165) is 11.5 Å². The van der Waals surface area contributed by atoms with E-state index in [2.05, 4.69) is 13.0 Å². The molecule has 1 N–H and O–H groups in total. The van der Waals surface area contributed by atoms with E-state index in [4.69, 9.17) is 0 Å². The van der Waals surface area contributed by atoms with Gasteiger partial charge in [0.25, 0.3) is 0 Å². The highest BCUT2D eigenvalue weighted by Gasteiger charge is 2.25. The Morgan fingerprint density at radius 2 is 1.83 bits per heavy atom. The van der Waals surface area contributed by atoms with Crippen molar-refractivity contribution < 1.29 is 5.11 Å². The second-order valence-corrected chi connectivity index (χ2v) is 3.77. The van der Waals surface area contributed by atoms with Crippen molar-refractivity contribution in [1.82, 2.24) is 0 Å². The molecule has 0 radical (unpaired) electrons. The highest BCUT2D eigenvalue weighted by molar-refractivity contribution is 5.43. The van der Waals surface area contributed by atoms with Crippen LogP contribution in [0.4, 0.5) is 0 Å². The van der Waals surface area contributed by atoms with Gasteiger partial charge in [0.2, 0.25) is 0 Å². The summed E-state index contributed by atoms with van der Waals surface area (Å²) in [5.41, 5.74) is 3.67. The van der Waals surface area contributed by atoms with E-state index >= 15 is 0 Å². The minimum atomic E-state index is 0.428. The minimum Gasteiger partial charge on any atom is -0.508 e. The van der Waals surface area contributed by atoms with Gasteiger partial charge in [-0.25, -0.2) is 0 Å². The average Bonchev–Trinajstić information content (AvgIpc) is 2.79. The Balaban J connectivity index is 2.47. The monoisotopic (exact) mass is 162 g/mol. The number of hydrogen-bond donors (Lipinski definition) is 1. The van der Waals surface area contributed by atoms with Crippen molar-refractivity contribution in [1.29, 1.82) is 0 Å². The van der Waals surface area contributed by atoms with E-state index in [9.17, 15) is 5.11 Å². The fraction of sp³-hybridized carbons (Fsp3) is 0.455. The predicted octanol–water partition coefficient (Wildman–Crippen LogP) is 2.89. The number of phenolic OH excluding ortho intramolecular Hbond substituents is 1. The van der Waals surface area contributed by atoms with Gasteiger partial charge >= 0.3 is 0 Å². The first-order valence-electron chi connectivity index (χ1n) is 4.48. The molecule has 0 heterocycles. The van der Waals surface area contributed by atoms with Crippen LogP contribution < -0.4 is 0 Å². The van der Waals surface area contributed by atoms with E-state index in [0.29, 0.717) is 5.75 Å². The first-order valence-corrected chi connectivity index (χ1v) is 4.48. The van der Waals surface area contributed by atoms with Gasteiger partial charge in [-0.1, -0.05) is 6.07 Å². The third kappa shape index (κ3) is 1.20. The summed E-state index contributed by atoms with van der Waals surface area (Å²) in [6.45, 7) is 4.04. The quantitative estimate of drug-likeness (QED) is 0.673. The molecule has 0 spiro atoms. The molecule has 12 heavy (non-hydrogen) atoms. The molecule has 1 fully saturated rings. The van der Waals surface area contributed by atoms with Crippen molar-refractivity contribution in [3.05, 3.63) is 28.8 Å². The molecule has 64 valence electrons. The van der Waals surface area contributed by atoms with Crippen LogP contribution in [0.1, 0.15) is 35.4 Å². The van der Waals surface area contributed by atoms with Crippen LogP contribution in [-0.4, -0.2) is 5.11 Å². The molecule has 0 atom stereocenters. The Morgan fingerprint density at radius 1 is 1.17 bits per heavy atom. The van der Waals surface area contributed by atoms with Crippen LogP contribution >= 0.6 is 0 Å². The Morgan fingerprint density at radius 3 is 2.42 bits per heavy atom. The molecule has 0 aliphatic heterocycles. The second kappa shape index (κ2) is 2.51. The summed E-state index contributed by atoms with van der Waals surface area (Å²) in [5, 5.41) is 9.43. The standard InChI is InChI=1S/C11H14O/c1-7-6-11(12)8(2)5-10(7)9-3-4-9/h5-6,9,12H,3-4H2,1-2H3. The van der Waals surface area contributed by atoms with Gasteiger partial charge in [-0.15, -0.1) is 0 Å². The lowest BCUT2D eigenvalue weighted by atomic mass is 10.0. The van der Waals surface area contributed by atoms with Crippen LogP contribution in [0.2, 0.25) is 0 Å². The lowest BCUT2D eigenvalue weighted by Crippen LogP contribution is -1.87. The van der Waals surface area contributed by atoms with Crippen LogP contribution in [0.3, 0.4) is 0 Å². The SMILES string of the molecule is Cc1cc(C2CC2)c(C)cc1O. The number of aryl methyl sites for hydroxylation is 2. The molecule has 1 aromatic rings. The van der Waals surface area contributed by atoms with E-state index in [1.54, 1.807) is 0 Å². The highest BCUT2D eigenvalue weighted by atomic mass is 16.3. The van der Waals surface area contributed by atoms with E-state index < -0.39 is 0 Å². The van der Waals surface area contributed by atoms with Gasteiger partial charge in [0.05, 0.1) is 0 Å². The zero-order chi connectivity index (χ0) is 8.72. The summed E-state index contributed by atoms with van der Waals surface area (Å²) in [7, 11) is 0. The van der Waals surface area contributed by atoms with Crippen LogP contribution in [0.15, 0.2) is 12.1 Å². The Kier molecular flexibility index (Phi) is 1.60. The Labute approximate surface area is 73.0 Å². The van der Waals surface area contributed by atoms with Crippen LogP contribution in [-0.2, 0) is 0 Å². The van der Waals surface area contributed by atoms with Gasteiger partial charge < -0.3 is 5.11 Å². The summed E-state index contributed by atoms with van der Waals surface area (Å²) in [6.07, 6.45) is 2.65. The zero-order valence-corrected chi connectivity index (χ0v) is 7.59. The molecule has 0 unspecified atom stereocenters. The lowest BCUT2D eigenvalue weighted by Gasteiger charge is -2.06.